The van der Waals surface area contributed by atoms with Crippen LogP contribution in [0.15, 0.2) is 6.07 Å². The number of aryl methyl sites for hydroxylation is 1. The molecule has 12 heavy (non-hydrogen) atoms. The van der Waals surface area contributed by atoms with Crippen LogP contribution in [0, 0.1) is 6.92 Å². The molecule has 1 aromatic heterocycles. The molecule has 2 nitrogen and oxygen atoms in total. The zero-order valence-corrected chi connectivity index (χ0v) is 8.87. The van der Waals surface area contributed by atoms with Gasteiger partial charge in [-0.3, -0.25) is 0 Å². The number of anilines is 1. The first-order valence-corrected chi connectivity index (χ1v) is 4.45. The van der Waals surface area contributed by atoms with Crippen LogP contribution in [-0.2, 0) is 0 Å². The Morgan fingerprint density at radius 2 is 1.83 bits per heavy atom. The largest absolute Gasteiger partial charge is 0.397 e. The van der Waals surface area contributed by atoms with Gasteiger partial charge in [0.15, 0.2) is 0 Å². The number of hydrogen-bond acceptors (Lipinski definition) is 2. The van der Waals surface area contributed by atoms with Gasteiger partial charge in [-0.05, 0) is 13.0 Å². The molecule has 0 radical (unpaired) electrons. The van der Waals surface area contributed by atoms with Crippen molar-refractivity contribution in [2.75, 3.05) is 5.73 Å². The molecule has 0 spiro atoms. The van der Waals surface area contributed by atoms with E-state index in [2.05, 4.69) is 4.98 Å². The number of pyridine rings is 1. The molecule has 0 saturated carbocycles. The number of hydrogen-bond donors (Lipinski definition) is 1. The number of halogens is 2. The Bertz CT molecular complexity index is 238. The fourth-order valence-corrected chi connectivity index (χ4v) is 0.983. The van der Waals surface area contributed by atoms with Crippen molar-refractivity contribution in [2.45, 2.75) is 20.8 Å². The van der Waals surface area contributed by atoms with E-state index in [1.165, 1.54) is 6.07 Å². The molecule has 2 N–H and O–H groups in total. The Morgan fingerprint density at radius 3 is 2.25 bits per heavy atom. The number of nitrogens with two attached hydrogens (primary N) is 1. The van der Waals surface area contributed by atoms with E-state index in [1.54, 1.807) is 6.92 Å². The average Bonchev–Trinajstić information content (AvgIpc) is 2.04. The first-order chi connectivity index (χ1) is 5.61. The third kappa shape index (κ3) is 2.88. The molecule has 0 bridgehead atoms. The van der Waals surface area contributed by atoms with E-state index in [4.69, 9.17) is 28.9 Å². The molecular formula is C8H12Cl2N2. The van der Waals surface area contributed by atoms with Crippen LogP contribution in [-0.4, -0.2) is 4.98 Å². The van der Waals surface area contributed by atoms with Crippen LogP contribution in [0.4, 0.5) is 5.69 Å². The van der Waals surface area contributed by atoms with Crippen LogP contribution in [0.1, 0.15) is 19.5 Å². The molecule has 1 aromatic rings. The molecule has 1 rings (SSSR count). The van der Waals surface area contributed by atoms with E-state index >= 15 is 0 Å². The normalized spacial score (nSPS) is 8.75. The lowest BCUT2D eigenvalue weighted by atomic mass is 10.3. The highest BCUT2D eigenvalue weighted by Gasteiger charge is 2.01. The molecule has 0 aliphatic rings. The van der Waals surface area contributed by atoms with E-state index in [0.29, 0.717) is 21.6 Å². The number of aromatic nitrogens is 1. The minimum atomic E-state index is 0.374. The SMILES string of the molecule is CC.Cc1nc(Cl)cc(N)c1Cl. The molecule has 0 aliphatic carbocycles. The minimum absolute atomic E-state index is 0.374. The van der Waals surface area contributed by atoms with E-state index < -0.39 is 0 Å². The van der Waals surface area contributed by atoms with Gasteiger partial charge < -0.3 is 5.73 Å². The van der Waals surface area contributed by atoms with Crippen LogP contribution >= 0.6 is 23.2 Å². The zero-order chi connectivity index (χ0) is 9.72. The van der Waals surface area contributed by atoms with Crippen LogP contribution in [0.3, 0.4) is 0 Å². The maximum Gasteiger partial charge on any atom is 0.131 e. The molecule has 0 unspecified atom stereocenters. The quantitative estimate of drug-likeness (QED) is 0.663. The maximum absolute atomic E-state index is 5.70. The lowest BCUT2D eigenvalue weighted by Crippen LogP contribution is -1.91. The van der Waals surface area contributed by atoms with Crippen molar-refractivity contribution < 1.29 is 0 Å². The fraction of sp³-hybridized carbons (Fsp3) is 0.375. The van der Waals surface area contributed by atoms with Crippen molar-refractivity contribution in [3.05, 3.63) is 21.9 Å². The standard InChI is InChI=1S/C6H6Cl2N2.C2H6/c1-3-6(8)4(9)2-5(7)10-3;1-2/h2H,1H3,(H2,9,10);1-2H3. The Hall–Kier alpha value is -0.470. The fourth-order valence-electron chi connectivity index (χ4n) is 0.642. The van der Waals surface area contributed by atoms with Crippen molar-refractivity contribution in [1.29, 1.82) is 0 Å². The van der Waals surface area contributed by atoms with E-state index in [0.717, 1.165) is 0 Å². The monoisotopic (exact) mass is 206 g/mol. The summed E-state index contributed by atoms with van der Waals surface area (Å²) in [5.74, 6) is 0. The molecule has 0 saturated heterocycles. The molecule has 68 valence electrons. The Kier molecular flexibility index (Phi) is 5.02. The Labute approximate surface area is 82.7 Å². The zero-order valence-electron chi connectivity index (χ0n) is 7.36. The predicted molar refractivity (Wildman–Crippen MR) is 54.8 cm³/mol. The summed E-state index contributed by atoms with van der Waals surface area (Å²) in [6.07, 6.45) is 0. The van der Waals surface area contributed by atoms with Crippen LogP contribution in [0.25, 0.3) is 0 Å². The molecule has 0 aromatic carbocycles. The van der Waals surface area contributed by atoms with Gasteiger partial charge in [-0.1, -0.05) is 37.0 Å². The lowest BCUT2D eigenvalue weighted by molar-refractivity contribution is 1.20. The second kappa shape index (κ2) is 5.22. The third-order valence-electron chi connectivity index (χ3n) is 1.12. The van der Waals surface area contributed by atoms with Gasteiger partial charge in [0.2, 0.25) is 0 Å². The van der Waals surface area contributed by atoms with Crippen molar-refractivity contribution in [3.8, 4) is 0 Å². The lowest BCUT2D eigenvalue weighted by Gasteiger charge is -2.00. The number of nitrogen functional groups attached to an aromatic ring is 1. The van der Waals surface area contributed by atoms with Crippen molar-refractivity contribution in [2.24, 2.45) is 0 Å². The summed E-state index contributed by atoms with van der Waals surface area (Å²) in [5.41, 5.74) is 6.60. The summed E-state index contributed by atoms with van der Waals surface area (Å²) in [6.45, 7) is 5.75. The molecule has 1 heterocycles. The predicted octanol–water partition coefficient (Wildman–Crippen LogP) is 3.31. The molecule has 0 fully saturated rings. The minimum Gasteiger partial charge on any atom is -0.397 e. The topological polar surface area (TPSA) is 38.9 Å². The highest BCUT2D eigenvalue weighted by molar-refractivity contribution is 6.35. The van der Waals surface area contributed by atoms with Gasteiger partial charge in [-0.25, -0.2) is 4.98 Å². The third-order valence-corrected chi connectivity index (χ3v) is 1.81. The molecule has 0 amide bonds. The van der Waals surface area contributed by atoms with Crippen LogP contribution in [0.5, 0.6) is 0 Å². The molecular weight excluding hydrogens is 195 g/mol. The van der Waals surface area contributed by atoms with E-state index in [1.807, 2.05) is 13.8 Å². The van der Waals surface area contributed by atoms with Crippen molar-refractivity contribution >= 4 is 28.9 Å². The molecule has 4 heteroatoms. The number of nitrogens with zero attached hydrogens (tertiary/aromatic N) is 1. The van der Waals surface area contributed by atoms with Crippen molar-refractivity contribution in [3.63, 3.8) is 0 Å². The van der Waals surface area contributed by atoms with E-state index in [9.17, 15) is 0 Å². The number of rotatable bonds is 0. The first kappa shape index (κ1) is 11.5. The molecule has 0 atom stereocenters. The second-order valence-corrected chi connectivity index (χ2v) is 2.70. The molecule has 0 aliphatic heterocycles. The van der Waals surface area contributed by atoms with Crippen LogP contribution in [0.2, 0.25) is 10.2 Å². The van der Waals surface area contributed by atoms with Gasteiger partial charge in [0.25, 0.3) is 0 Å². The average molecular weight is 207 g/mol. The van der Waals surface area contributed by atoms with Gasteiger partial charge in [0, 0.05) is 0 Å². The van der Waals surface area contributed by atoms with Gasteiger partial charge in [0.1, 0.15) is 5.15 Å². The summed E-state index contributed by atoms with van der Waals surface area (Å²) >= 11 is 11.3. The van der Waals surface area contributed by atoms with Gasteiger partial charge >= 0.3 is 0 Å². The van der Waals surface area contributed by atoms with Gasteiger partial charge in [0.05, 0.1) is 16.4 Å². The summed E-state index contributed by atoms with van der Waals surface area (Å²) < 4.78 is 0. The summed E-state index contributed by atoms with van der Waals surface area (Å²) in [6, 6.07) is 1.52. The Morgan fingerprint density at radius 1 is 1.33 bits per heavy atom. The highest BCUT2D eigenvalue weighted by atomic mass is 35.5. The second-order valence-electron chi connectivity index (χ2n) is 1.93. The Balaban J connectivity index is 0.000000561. The van der Waals surface area contributed by atoms with Crippen LogP contribution < -0.4 is 5.73 Å². The summed E-state index contributed by atoms with van der Waals surface area (Å²) in [5, 5.41) is 0.851. The van der Waals surface area contributed by atoms with Gasteiger partial charge in [-0.15, -0.1) is 0 Å². The van der Waals surface area contributed by atoms with E-state index in [-0.39, 0.29) is 0 Å². The summed E-state index contributed by atoms with van der Waals surface area (Å²) in [7, 11) is 0. The maximum atomic E-state index is 5.70. The van der Waals surface area contributed by atoms with Gasteiger partial charge in [-0.2, -0.15) is 0 Å². The van der Waals surface area contributed by atoms with Crippen molar-refractivity contribution in [1.82, 2.24) is 4.98 Å². The smallest absolute Gasteiger partial charge is 0.131 e. The highest BCUT2D eigenvalue weighted by Crippen LogP contribution is 2.23. The first-order valence-electron chi connectivity index (χ1n) is 3.69. The summed E-state index contributed by atoms with van der Waals surface area (Å²) in [4.78, 5) is 3.89.